The number of anilines is 1. The number of rotatable bonds is 2. The molecule has 0 bridgehead atoms. The first-order valence-electron chi connectivity index (χ1n) is 4.01. The van der Waals surface area contributed by atoms with Gasteiger partial charge in [0.2, 0.25) is 0 Å². The molecule has 0 heterocycles. The van der Waals surface area contributed by atoms with E-state index >= 15 is 0 Å². The van der Waals surface area contributed by atoms with Gasteiger partial charge >= 0.3 is 6.03 Å². The molecule has 1 aromatic carbocycles. The molecular formula is C8H9N3O4. The smallest absolute Gasteiger partial charge is 0.319 e. The summed E-state index contributed by atoms with van der Waals surface area (Å²) in [6.07, 6.45) is 0. The van der Waals surface area contributed by atoms with Crippen molar-refractivity contribution in [2.75, 3.05) is 12.4 Å². The van der Waals surface area contributed by atoms with Crippen molar-refractivity contribution in [1.82, 2.24) is 5.32 Å². The second kappa shape index (κ2) is 4.27. The van der Waals surface area contributed by atoms with Crippen LogP contribution in [0.2, 0.25) is 0 Å². The van der Waals surface area contributed by atoms with Crippen molar-refractivity contribution in [2.45, 2.75) is 0 Å². The third-order valence-electron chi connectivity index (χ3n) is 1.68. The molecule has 0 saturated carbocycles. The summed E-state index contributed by atoms with van der Waals surface area (Å²) >= 11 is 0. The first kappa shape index (κ1) is 10.8. The van der Waals surface area contributed by atoms with Gasteiger partial charge in [-0.1, -0.05) is 6.07 Å². The molecule has 0 atom stereocenters. The van der Waals surface area contributed by atoms with Crippen LogP contribution in [0, 0.1) is 10.1 Å². The zero-order valence-electron chi connectivity index (χ0n) is 7.85. The second-order valence-corrected chi connectivity index (χ2v) is 2.63. The SMILES string of the molecule is CNC(=O)Nc1c(O)cccc1[N+](=O)[O-]. The molecule has 0 spiro atoms. The van der Waals surface area contributed by atoms with Gasteiger partial charge in [0.15, 0.2) is 5.69 Å². The van der Waals surface area contributed by atoms with E-state index in [2.05, 4.69) is 10.6 Å². The van der Waals surface area contributed by atoms with E-state index in [0.29, 0.717) is 0 Å². The quantitative estimate of drug-likeness (QED) is 0.386. The van der Waals surface area contributed by atoms with E-state index in [1.807, 2.05) is 0 Å². The largest absolute Gasteiger partial charge is 0.505 e. The highest BCUT2D eigenvalue weighted by atomic mass is 16.6. The first-order valence-corrected chi connectivity index (χ1v) is 4.01. The van der Waals surface area contributed by atoms with Gasteiger partial charge in [-0.3, -0.25) is 15.4 Å². The van der Waals surface area contributed by atoms with Crippen molar-refractivity contribution in [3.05, 3.63) is 28.3 Å². The number of nitrogens with one attached hydrogen (secondary N) is 2. The van der Waals surface area contributed by atoms with Gasteiger partial charge in [0.05, 0.1) is 4.92 Å². The van der Waals surface area contributed by atoms with Crippen LogP contribution in [-0.4, -0.2) is 23.1 Å². The number of hydrogen-bond acceptors (Lipinski definition) is 4. The molecule has 0 fully saturated rings. The predicted molar refractivity (Wildman–Crippen MR) is 52.8 cm³/mol. The Hall–Kier alpha value is -2.31. The summed E-state index contributed by atoms with van der Waals surface area (Å²) in [7, 11) is 1.36. The van der Waals surface area contributed by atoms with Crippen molar-refractivity contribution in [1.29, 1.82) is 0 Å². The van der Waals surface area contributed by atoms with Crippen molar-refractivity contribution in [3.63, 3.8) is 0 Å². The van der Waals surface area contributed by atoms with Gasteiger partial charge in [0.1, 0.15) is 5.75 Å². The number of nitro groups is 1. The molecule has 80 valence electrons. The van der Waals surface area contributed by atoms with Crippen molar-refractivity contribution >= 4 is 17.4 Å². The topological polar surface area (TPSA) is 104 Å². The van der Waals surface area contributed by atoms with Gasteiger partial charge in [0, 0.05) is 13.1 Å². The summed E-state index contributed by atoms with van der Waals surface area (Å²) < 4.78 is 0. The number of nitrogens with zero attached hydrogens (tertiary/aromatic N) is 1. The molecule has 7 heteroatoms. The maximum absolute atomic E-state index is 11.0. The van der Waals surface area contributed by atoms with Crippen LogP contribution in [0.1, 0.15) is 0 Å². The van der Waals surface area contributed by atoms with Crippen LogP contribution in [0.15, 0.2) is 18.2 Å². The number of phenols is 1. The van der Waals surface area contributed by atoms with Crippen molar-refractivity contribution in [2.24, 2.45) is 0 Å². The number of phenolic OH excluding ortho intramolecular Hbond substituents is 1. The maximum atomic E-state index is 11.0. The zero-order chi connectivity index (χ0) is 11.4. The summed E-state index contributed by atoms with van der Waals surface area (Å²) in [6.45, 7) is 0. The van der Waals surface area contributed by atoms with Crippen LogP contribution >= 0.6 is 0 Å². The van der Waals surface area contributed by atoms with Crippen LogP contribution in [0.25, 0.3) is 0 Å². The molecular weight excluding hydrogens is 202 g/mol. The van der Waals surface area contributed by atoms with Gasteiger partial charge in [0.25, 0.3) is 5.69 Å². The van der Waals surface area contributed by atoms with E-state index in [0.717, 1.165) is 0 Å². The third-order valence-corrected chi connectivity index (χ3v) is 1.68. The zero-order valence-corrected chi connectivity index (χ0v) is 7.85. The Kier molecular flexibility index (Phi) is 3.06. The van der Waals surface area contributed by atoms with Crippen LogP contribution in [-0.2, 0) is 0 Å². The number of aromatic hydroxyl groups is 1. The second-order valence-electron chi connectivity index (χ2n) is 2.63. The third kappa shape index (κ3) is 2.33. The molecule has 2 amide bonds. The number of urea groups is 1. The average molecular weight is 211 g/mol. The first-order chi connectivity index (χ1) is 7.06. The van der Waals surface area contributed by atoms with E-state index in [-0.39, 0.29) is 17.1 Å². The fraction of sp³-hybridized carbons (Fsp3) is 0.125. The molecule has 7 nitrogen and oxygen atoms in total. The average Bonchev–Trinajstić information content (AvgIpc) is 2.20. The molecule has 3 N–H and O–H groups in total. The Labute approximate surface area is 84.9 Å². The number of nitro benzene ring substituents is 1. The Morgan fingerprint density at radius 1 is 1.53 bits per heavy atom. The number of amides is 2. The van der Waals surface area contributed by atoms with E-state index in [1.54, 1.807) is 0 Å². The summed E-state index contributed by atoms with van der Waals surface area (Å²) in [4.78, 5) is 20.8. The van der Waals surface area contributed by atoms with Crippen LogP contribution in [0.4, 0.5) is 16.2 Å². The van der Waals surface area contributed by atoms with Gasteiger partial charge < -0.3 is 10.4 Å². The molecule has 1 aromatic rings. The summed E-state index contributed by atoms with van der Waals surface area (Å²) in [5.74, 6) is -0.354. The van der Waals surface area contributed by atoms with E-state index < -0.39 is 11.0 Å². The fourth-order valence-corrected chi connectivity index (χ4v) is 0.985. The lowest BCUT2D eigenvalue weighted by Gasteiger charge is -2.06. The number of benzene rings is 1. The van der Waals surface area contributed by atoms with E-state index in [4.69, 9.17) is 0 Å². The summed E-state index contributed by atoms with van der Waals surface area (Å²) in [6, 6.07) is 3.12. The number of hydrogen-bond donors (Lipinski definition) is 3. The minimum atomic E-state index is -0.689. The highest BCUT2D eigenvalue weighted by Gasteiger charge is 2.18. The maximum Gasteiger partial charge on any atom is 0.319 e. The standard InChI is InChI=1S/C8H9N3O4/c1-9-8(13)10-7-5(11(14)15)3-2-4-6(7)12/h2-4,12H,1H3,(H2,9,10,13). The highest BCUT2D eigenvalue weighted by Crippen LogP contribution is 2.32. The highest BCUT2D eigenvalue weighted by molar-refractivity contribution is 5.93. The lowest BCUT2D eigenvalue weighted by atomic mass is 10.2. The molecule has 0 saturated heterocycles. The molecule has 0 aromatic heterocycles. The fourth-order valence-electron chi connectivity index (χ4n) is 0.985. The summed E-state index contributed by atoms with van der Waals surface area (Å²) in [5, 5.41) is 24.3. The molecule has 15 heavy (non-hydrogen) atoms. The van der Waals surface area contributed by atoms with Crippen LogP contribution in [0.3, 0.4) is 0 Å². The summed E-state index contributed by atoms with van der Waals surface area (Å²) in [5.41, 5.74) is -0.583. The Morgan fingerprint density at radius 3 is 2.73 bits per heavy atom. The molecule has 0 unspecified atom stereocenters. The van der Waals surface area contributed by atoms with Crippen molar-refractivity contribution < 1.29 is 14.8 Å². The predicted octanol–water partition coefficient (Wildman–Crippen LogP) is 1.05. The van der Waals surface area contributed by atoms with Crippen LogP contribution in [0.5, 0.6) is 5.75 Å². The minimum absolute atomic E-state index is 0.221. The number of carbonyl (C=O) groups is 1. The van der Waals surface area contributed by atoms with E-state index in [9.17, 15) is 20.0 Å². The lowest BCUT2D eigenvalue weighted by molar-refractivity contribution is -0.384. The molecule has 0 aliphatic rings. The number of carbonyl (C=O) groups excluding carboxylic acids is 1. The molecule has 0 aliphatic heterocycles. The van der Waals surface area contributed by atoms with Gasteiger partial charge in [-0.2, -0.15) is 0 Å². The van der Waals surface area contributed by atoms with E-state index in [1.165, 1.54) is 25.2 Å². The Morgan fingerprint density at radius 2 is 2.20 bits per heavy atom. The van der Waals surface area contributed by atoms with Gasteiger partial charge in [-0.05, 0) is 6.07 Å². The van der Waals surface area contributed by atoms with Gasteiger partial charge in [-0.25, -0.2) is 4.79 Å². The van der Waals surface area contributed by atoms with Gasteiger partial charge in [-0.15, -0.1) is 0 Å². The molecule has 0 aliphatic carbocycles. The monoisotopic (exact) mass is 211 g/mol. The Bertz CT molecular complexity index is 405. The van der Waals surface area contributed by atoms with Crippen molar-refractivity contribution in [3.8, 4) is 5.75 Å². The van der Waals surface area contributed by atoms with Crippen LogP contribution < -0.4 is 10.6 Å². The minimum Gasteiger partial charge on any atom is -0.505 e. The lowest BCUT2D eigenvalue weighted by Crippen LogP contribution is -2.24. The molecule has 0 radical (unpaired) electrons. The Balaban J connectivity index is 3.13. The molecule has 1 rings (SSSR count). The normalized spacial score (nSPS) is 9.40. The number of para-hydroxylation sites is 1.